The number of aliphatic hydroxyl groups is 1. The number of ketones is 1. The van der Waals surface area contributed by atoms with Crippen LogP contribution >= 0.6 is 11.6 Å². The molecule has 0 aliphatic carbocycles. The summed E-state index contributed by atoms with van der Waals surface area (Å²) in [5, 5.41) is 10.9. The Morgan fingerprint density at radius 1 is 1.03 bits per heavy atom. The van der Waals surface area contributed by atoms with Crippen LogP contribution in [0.3, 0.4) is 0 Å². The van der Waals surface area contributed by atoms with Crippen LogP contribution in [0.5, 0.6) is 5.75 Å². The van der Waals surface area contributed by atoms with Gasteiger partial charge >= 0.3 is 0 Å². The van der Waals surface area contributed by atoms with Gasteiger partial charge in [0.25, 0.3) is 0 Å². The summed E-state index contributed by atoms with van der Waals surface area (Å²) in [6, 6.07) is 13.5. The Morgan fingerprint density at radius 3 is 2.39 bits per heavy atom. The van der Waals surface area contributed by atoms with Gasteiger partial charge in [0, 0.05) is 23.8 Å². The number of fused-ring (bicyclic) bond motifs is 2. The molecule has 4 atom stereocenters. The first-order chi connectivity index (χ1) is 18.4. The number of aliphatic hydroxyl groups excluding tert-OH is 1. The highest BCUT2D eigenvalue weighted by Gasteiger charge is 2.68. The fourth-order valence-corrected chi connectivity index (χ4v) is 5.16. The van der Waals surface area contributed by atoms with Crippen molar-refractivity contribution in [3.63, 3.8) is 0 Å². The van der Waals surface area contributed by atoms with Gasteiger partial charge in [-0.2, -0.15) is 0 Å². The largest absolute Gasteiger partial charge is 0.494 e. The van der Waals surface area contributed by atoms with Crippen LogP contribution in [-0.4, -0.2) is 61.7 Å². The van der Waals surface area contributed by atoms with E-state index in [-0.39, 0.29) is 12.4 Å². The molecule has 1 N–H and O–H groups in total. The predicted octanol–water partition coefficient (Wildman–Crippen LogP) is 5.21. The minimum Gasteiger partial charge on any atom is -0.494 e. The van der Waals surface area contributed by atoms with Crippen LogP contribution in [0.1, 0.15) is 63.1 Å². The second-order valence-corrected chi connectivity index (χ2v) is 10.3. The van der Waals surface area contributed by atoms with Crippen LogP contribution < -0.4 is 4.74 Å². The highest BCUT2D eigenvalue weighted by molar-refractivity contribution is 6.31. The quantitative estimate of drug-likeness (QED) is 0.325. The number of rotatable bonds is 14. The summed E-state index contributed by atoms with van der Waals surface area (Å²) < 4.78 is 30.7. The van der Waals surface area contributed by atoms with Crippen LogP contribution in [-0.2, 0) is 35.9 Å². The third kappa shape index (κ3) is 5.79. The van der Waals surface area contributed by atoms with E-state index < -0.39 is 30.2 Å². The van der Waals surface area contributed by atoms with Gasteiger partial charge in [0.05, 0.1) is 19.8 Å². The molecule has 2 fully saturated rings. The van der Waals surface area contributed by atoms with Gasteiger partial charge in [-0.15, -0.1) is 0 Å². The molecular weight excluding hydrogens is 508 g/mol. The molecule has 2 aromatic carbocycles. The molecule has 38 heavy (non-hydrogen) atoms. The molecule has 0 unspecified atom stereocenters. The van der Waals surface area contributed by atoms with E-state index >= 15 is 0 Å². The summed E-state index contributed by atoms with van der Waals surface area (Å²) in [5.74, 6) is -0.940. The van der Waals surface area contributed by atoms with Crippen molar-refractivity contribution in [1.82, 2.24) is 0 Å². The number of hydrogen-bond acceptors (Lipinski definition) is 7. The Balaban J connectivity index is 1.70. The second kappa shape index (κ2) is 12.9. The highest BCUT2D eigenvalue weighted by atomic mass is 35.5. The van der Waals surface area contributed by atoms with E-state index in [1.165, 1.54) is 0 Å². The molecule has 0 radical (unpaired) electrons. The molecule has 2 aliphatic heterocycles. The first-order valence-corrected chi connectivity index (χ1v) is 14.0. The third-order valence-corrected chi connectivity index (χ3v) is 7.52. The molecule has 7 nitrogen and oxygen atoms in total. The van der Waals surface area contributed by atoms with Crippen molar-refractivity contribution in [2.45, 2.75) is 76.5 Å². The highest BCUT2D eigenvalue weighted by Crippen LogP contribution is 2.50. The van der Waals surface area contributed by atoms with Gasteiger partial charge in [-0.25, -0.2) is 0 Å². The van der Waals surface area contributed by atoms with Crippen molar-refractivity contribution in [2.75, 3.05) is 33.0 Å². The van der Waals surface area contributed by atoms with E-state index in [9.17, 15) is 9.90 Å². The summed E-state index contributed by atoms with van der Waals surface area (Å²) in [5.41, 5.74) is 1.12. The van der Waals surface area contributed by atoms with Gasteiger partial charge in [0.1, 0.15) is 11.9 Å². The van der Waals surface area contributed by atoms with Gasteiger partial charge in [-0.3, -0.25) is 4.79 Å². The molecule has 0 aromatic heterocycles. The molecule has 0 spiro atoms. The third-order valence-electron chi connectivity index (χ3n) is 7.15. The smallest absolute Gasteiger partial charge is 0.226 e. The number of halogens is 1. The summed E-state index contributed by atoms with van der Waals surface area (Å²) in [4.78, 5) is 13.6. The van der Waals surface area contributed by atoms with Gasteiger partial charge < -0.3 is 28.8 Å². The number of Topliss-reactive ketones (excluding diaryl/α,β-unsaturated/α-hetero) is 1. The van der Waals surface area contributed by atoms with E-state index in [0.717, 1.165) is 42.6 Å². The van der Waals surface area contributed by atoms with E-state index in [0.29, 0.717) is 36.8 Å². The predicted molar refractivity (Wildman–Crippen MR) is 145 cm³/mol. The number of benzene rings is 2. The summed E-state index contributed by atoms with van der Waals surface area (Å²) in [6.45, 7) is 6.94. The van der Waals surface area contributed by atoms with Crippen molar-refractivity contribution in [1.29, 1.82) is 0 Å². The molecule has 0 amide bonds. The van der Waals surface area contributed by atoms with Gasteiger partial charge in [0.2, 0.25) is 11.6 Å². The van der Waals surface area contributed by atoms with Crippen LogP contribution in [0.25, 0.3) is 0 Å². The minimum atomic E-state index is -1.50. The zero-order valence-corrected chi connectivity index (χ0v) is 23.3. The van der Waals surface area contributed by atoms with E-state index in [2.05, 4.69) is 13.8 Å². The van der Waals surface area contributed by atoms with Crippen molar-refractivity contribution < 1.29 is 33.6 Å². The topological polar surface area (TPSA) is 83.5 Å². The summed E-state index contributed by atoms with van der Waals surface area (Å²) in [6.07, 6.45) is 2.31. The minimum absolute atomic E-state index is 0.0829. The second-order valence-electron chi connectivity index (χ2n) is 9.92. The normalized spacial score (nSPS) is 26.6. The number of hydrogen-bond donors (Lipinski definition) is 1. The van der Waals surface area contributed by atoms with Crippen LogP contribution in [0.15, 0.2) is 42.5 Å². The Hall–Kier alpha value is -2.00. The Morgan fingerprint density at radius 2 is 1.74 bits per heavy atom. The summed E-state index contributed by atoms with van der Waals surface area (Å²) >= 11 is 6.64. The lowest BCUT2D eigenvalue weighted by Crippen LogP contribution is -2.64. The lowest BCUT2D eigenvalue weighted by molar-refractivity contribution is -0.301. The Labute approximate surface area is 230 Å². The molecule has 8 heteroatoms. The van der Waals surface area contributed by atoms with Crippen molar-refractivity contribution in [2.24, 2.45) is 0 Å². The fraction of sp³-hybridized carbons (Fsp3) is 0.567. The van der Waals surface area contributed by atoms with Crippen LogP contribution in [0.4, 0.5) is 0 Å². The number of unbranched alkanes of at least 4 members (excludes halogenated alkanes) is 2. The summed E-state index contributed by atoms with van der Waals surface area (Å²) in [7, 11) is 0. The SMILES string of the molecule is CCCCO[C@@H]1[C@@H](OCCCC)C(=O)[C@]2(CO)CO[C@@]1(c1ccc(Cl)c(Cc3ccc(OCC)cc3)c1)O2. The van der Waals surface area contributed by atoms with E-state index in [4.69, 9.17) is 35.3 Å². The van der Waals surface area contributed by atoms with E-state index in [1.54, 1.807) is 0 Å². The number of ether oxygens (including phenoxy) is 5. The lowest BCUT2D eigenvalue weighted by atomic mass is 9.84. The zero-order chi connectivity index (χ0) is 27.2. The maximum atomic E-state index is 13.6. The van der Waals surface area contributed by atoms with E-state index in [1.807, 2.05) is 49.4 Å². The average Bonchev–Trinajstić information content (AvgIpc) is 3.30. The zero-order valence-electron chi connectivity index (χ0n) is 22.5. The maximum Gasteiger partial charge on any atom is 0.226 e. The van der Waals surface area contributed by atoms with Gasteiger partial charge in [-0.05, 0) is 61.6 Å². The van der Waals surface area contributed by atoms with Crippen LogP contribution in [0.2, 0.25) is 5.02 Å². The van der Waals surface area contributed by atoms with Gasteiger partial charge in [0.15, 0.2) is 11.7 Å². The molecule has 2 heterocycles. The fourth-order valence-electron chi connectivity index (χ4n) is 4.98. The molecule has 4 rings (SSSR count). The van der Waals surface area contributed by atoms with Crippen LogP contribution in [0, 0.1) is 0 Å². The standard InChI is InChI=1S/C30H39ClO7/c1-4-7-15-35-26-27(33)29(19-32)20-37-30(38-29,28(26)36-16-8-5-2)23-11-14-25(31)22(18-23)17-21-9-12-24(13-10-21)34-6-3/h9-14,18,26,28,32H,4-8,15-17,19-20H2,1-3H3/t26-,28+,29-,30-/m0/s1. The molecule has 2 aliphatic rings. The van der Waals surface area contributed by atoms with Gasteiger partial charge in [-0.1, -0.05) is 56.5 Å². The molecule has 2 bridgehead atoms. The molecular formula is C30H39ClO7. The Bertz CT molecular complexity index is 1070. The molecule has 2 aromatic rings. The lowest BCUT2D eigenvalue weighted by Gasteiger charge is -2.45. The van der Waals surface area contributed by atoms with Crippen molar-refractivity contribution in [3.05, 3.63) is 64.2 Å². The monoisotopic (exact) mass is 546 g/mol. The molecule has 2 saturated heterocycles. The van der Waals surface area contributed by atoms with Crippen molar-refractivity contribution in [3.8, 4) is 5.75 Å². The molecule has 0 saturated carbocycles. The number of carbonyl (C=O) groups is 1. The first-order valence-electron chi connectivity index (χ1n) is 13.7. The number of carbonyl (C=O) groups excluding carboxylic acids is 1. The Kier molecular flexibility index (Phi) is 9.84. The average molecular weight is 547 g/mol. The van der Waals surface area contributed by atoms with Crippen molar-refractivity contribution >= 4 is 17.4 Å². The maximum absolute atomic E-state index is 13.6. The first kappa shape index (κ1) is 29.0. The molecule has 208 valence electrons.